The highest BCUT2D eigenvalue weighted by atomic mass is 79.9. The number of hydrogen-bond acceptors (Lipinski definition) is 2. The first kappa shape index (κ1) is 15.5. The quantitative estimate of drug-likeness (QED) is 0.795. The molecule has 0 radical (unpaired) electrons. The maximum absolute atomic E-state index is 5.29. The molecular formula is C16H17Br2NO. The molecule has 20 heavy (non-hydrogen) atoms. The third-order valence-corrected chi connectivity index (χ3v) is 4.46. The first-order valence-corrected chi connectivity index (χ1v) is 7.92. The first-order valence-electron chi connectivity index (χ1n) is 6.33. The third kappa shape index (κ3) is 3.25. The molecule has 0 aliphatic rings. The topological polar surface area (TPSA) is 21.3 Å². The van der Waals surface area contributed by atoms with Crippen LogP contribution in [-0.2, 0) is 0 Å². The second-order valence-electron chi connectivity index (χ2n) is 4.62. The molecule has 0 saturated heterocycles. The molecule has 2 nitrogen and oxygen atoms in total. The molecule has 0 heterocycles. The monoisotopic (exact) mass is 397 g/mol. The van der Waals surface area contributed by atoms with Crippen molar-refractivity contribution in [1.29, 1.82) is 0 Å². The van der Waals surface area contributed by atoms with Crippen LogP contribution in [0.5, 0.6) is 5.75 Å². The highest BCUT2D eigenvalue weighted by Crippen LogP contribution is 2.32. The van der Waals surface area contributed by atoms with Crippen LogP contribution in [0.1, 0.15) is 22.7 Å². The van der Waals surface area contributed by atoms with E-state index in [1.54, 1.807) is 7.11 Å². The number of hydrogen-bond donors (Lipinski definition) is 1. The molecule has 0 fully saturated rings. The molecule has 0 spiro atoms. The maximum Gasteiger partial charge on any atom is 0.133 e. The maximum atomic E-state index is 5.29. The number of nitrogens with one attached hydrogen (secondary N) is 1. The van der Waals surface area contributed by atoms with Crippen molar-refractivity contribution in [2.45, 2.75) is 13.0 Å². The van der Waals surface area contributed by atoms with Gasteiger partial charge in [-0.1, -0.05) is 28.1 Å². The van der Waals surface area contributed by atoms with E-state index in [2.05, 4.69) is 74.4 Å². The van der Waals surface area contributed by atoms with Crippen molar-refractivity contribution in [1.82, 2.24) is 5.32 Å². The van der Waals surface area contributed by atoms with E-state index in [0.717, 1.165) is 14.7 Å². The van der Waals surface area contributed by atoms with Crippen LogP contribution in [0.2, 0.25) is 0 Å². The van der Waals surface area contributed by atoms with Crippen LogP contribution in [0.25, 0.3) is 0 Å². The number of ether oxygens (including phenoxy) is 1. The molecule has 0 saturated carbocycles. The summed E-state index contributed by atoms with van der Waals surface area (Å²) in [6.45, 7) is 2.13. The Morgan fingerprint density at radius 1 is 1.10 bits per heavy atom. The van der Waals surface area contributed by atoms with Gasteiger partial charge >= 0.3 is 0 Å². The Morgan fingerprint density at radius 3 is 2.45 bits per heavy atom. The van der Waals surface area contributed by atoms with E-state index >= 15 is 0 Å². The highest BCUT2D eigenvalue weighted by Gasteiger charge is 2.16. The second kappa shape index (κ2) is 6.74. The predicted molar refractivity (Wildman–Crippen MR) is 90.5 cm³/mol. The van der Waals surface area contributed by atoms with Gasteiger partial charge in [-0.2, -0.15) is 0 Å². The summed E-state index contributed by atoms with van der Waals surface area (Å²) >= 11 is 7.09. The predicted octanol–water partition coefficient (Wildman–Crippen LogP) is 4.84. The normalized spacial score (nSPS) is 12.2. The zero-order chi connectivity index (χ0) is 14.7. The van der Waals surface area contributed by atoms with E-state index in [0.29, 0.717) is 0 Å². The Hall–Kier alpha value is -0.840. The molecule has 1 unspecified atom stereocenters. The minimum atomic E-state index is 0.148. The van der Waals surface area contributed by atoms with Gasteiger partial charge < -0.3 is 10.1 Å². The second-order valence-corrected chi connectivity index (χ2v) is 6.39. The highest BCUT2D eigenvalue weighted by molar-refractivity contribution is 9.10. The van der Waals surface area contributed by atoms with Crippen molar-refractivity contribution in [3.8, 4) is 5.75 Å². The molecule has 0 aliphatic carbocycles. The van der Waals surface area contributed by atoms with E-state index in [1.807, 2.05) is 13.1 Å². The summed E-state index contributed by atoms with van der Waals surface area (Å²) in [6.07, 6.45) is 0. The molecule has 2 aromatic rings. The Morgan fingerprint density at radius 2 is 1.85 bits per heavy atom. The van der Waals surface area contributed by atoms with Crippen molar-refractivity contribution in [2.24, 2.45) is 0 Å². The summed E-state index contributed by atoms with van der Waals surface area (Å²) in [6, 6.07) is 12.7. The smallest absolute Gasteiger partial charge is 0.133 e. The van der Waals surface area contributed by atoms with E-state index in [-0.39, 0.29) is 6.04 Å². The van der Waals surface area contributed by atoms with Crippen LogP contribution < -0.4 is 10.1 Å². The number of rotatable bonds is 4. The van der Waals surface area contributed by atoms with Gasteiger partial charge in [0, 0.05) is 4.47 Å². The van der Waals surface area contributed by atoms with Gasteiger partial charge in [-0.15, -0.1) is 0 Å². The van der Waals surface area contributed by atoms with Gasteiger partial charge in [0.15, 0.2) is 0 Å². The summed E-state index contributed by atoms with van der Waals surface area (Å²) in [4.78, 5) is 0. The SMILES string of the molecule is CNC(c1ccc(OC)c(Br)c1)c1cc(Br)ccc1C. The Labute approximate surface area is 136 Å². The first-order chi connectivity index (χ1) is 9.56. The van der Waals surface area contributed by atoms with Gasteiger partial charge in [0.05, 0.1) is 17.6 Å². The number of aryl methyl sites for hydroxylation is 1. The van der Waals surface area contributed by atoms with Crippen molar-refractivity contribution in [2.75, 3.05) is 14.2 Å². The zero-order valence-electron chi connectivity index (χ0n) is 11.7. The lowest BCUT2D eigenvalue weighted by atomic mass is 9.95. The molecule has 1 atom stereocenters. The minimum Gasteiger partial charge on any atom is -0.496 e. The molecule has 106 valence electrons. The van der Waals surface area contributed by atoms with Gasteiger partial charge in [0.1, 0.15) is 5.75 Å². The lowest BCUT2D eigenvalue weighted by Gasteiger charge is -2.20. The molecule has 1 N–H and O–H groups in total. The summed E-state index contributed by atoms with van der Waals surface area (Å²) < 4.78 is 7.34. The average molecular weight is 399 g/mol. The van der Waals surface area contributed by atoms with Crippen LogP contribution >= 0.6 is 31.9 Å². The summed E-state index contributed by atoms with van der Waals surface area (Å²) in [5.41, 5.74) is 3.72. The van der Waals surface area contributed by atoms with Gasteiger partial charge in [0.25, 0.3) is 0 Å². The fourth-order valence-corrected chi connectivity index (χ4v) is 3.22. The van der Waals surface area contributed by atoms with Gasteiger partial charge in [-0.3, -0.25) is 0 Å². The minimum absolute atomic E-state index is 0.148. The fourth-order valence-electron chi connectivity index (χ4n) is 2.29. The fraction of sp³-hybridized carbons (Fsp3) is 0.250. The molecule has 2 aromatic carbocycles. The van der Waals surface area contributed by atoms with Crippen molar-refractivity contribution >= 4 is 31.9 Å². The molecule has 0 amide bonds. The zero-order valence-corrected chi connectivity index (χ0v) is 14.9. The van der Waals surface area contributed by atoms with E-state index in [1.165, 1.54) is 16.7 Å². The molecule has 0 aromatic heterocycles. The van der Waals surface area contributed by atoms with E-state index in [9.17, 15) is 0 Å². The van der Waals surface area contributed by atoms with Crippen LogP contribution in [0.4, 0.5) is 0 Å². The lowest BCUT2D eigenvalue weighted by Crippen LogP contribution is -2.18. The molecule has 0 aliphatic heterocycles. The Bertz CT molecular complexity index is 613. The van der Waals surface area contributed by atoms with Gasteiger partial charge in [-0.25, -0.2) is 0 Å². The molecule has 4 heteroatoms. The molecular weight excluding hydrogens is 382 g/mol. The van der Waals surface area contributed by atoms with Crippen LogP contribution in [0, 0.1) is 6.92 Å². The summed E-state index contributed by atoms with van der Waals surface area (Å²) in [5.74, 6) is 0.842. The average Bonchev–Trinajstić information content (AvgIpc) is 2.44. The standard InChI is InChI=1S/C16H17Br2NO/c1-10-4-6-12(17)9-13(10)16(19-2)11-5-7-15(20-3)14(18)8-11/h4-9,16,19H,1-3H3. The van der Waals surface area contributed by atoms with Gasteiger partial charge in [0.2, 0.25) is 0 Å². The van der Waals surface area contributed by atoms with Crippen LogP contribution in [0.15, 0.2) is 45.3 Å². The van der Waals surface area contributed by atoms with Gasteiger partial charge in [-0.05, 0) is 70.9 Å². The largest absolute Gasteiger partial charge is 0.496 e. The Balaban J connectivity index is 2.46. The number of benzene rings is 2. The van der Waals surface area contributed by atoms with Crippen LogP contribution in [-0.4, -0.2) is 14.2 Å². The van der Waals surface area contributed by atoms with E-state index in [4.69, 9.17) is 4.74 Å². The third-order valence-electron chi connectivity index (χ3n) is 3.35. The Kier molecular flexibility index (Phi) is 5.24. The van der Waals surface area contributed by atoms with Crippen molar-refractivity contribution in [3.63, 3.8) is 0 Å². The molecule has 0 bridgehead atoms. The van der Waals surface area contributed by atoms with Crippen molar-refractivity contribution < 1.29 is 4.74 Å². The number of halogens is 2. The summed E-state index contributed by atoms with van der Waals surface area (Å²) in [7, 11) is 3.65. The summed E-state index contributed by atoms with van der Waals surface area (Å²) in [5, 5.41) is 3.38. The molecule has 2 rings (SSSR count). The lowest BCUT2D eigenvalue weighted by molar-refractivity contribution is 0.412. The number of methoxy groups -OCH3 is 1. The van der Waals surface area contributed by atoms with E-state index < -0.39 is 0 Å². The van der Waals surface area contributed by atoms with Crippen molar-refractivity contribution in [3.05, 3.63) is 62.0 Å². The van der Waals surface area contributed by atoms with Crippen LogP contribution in [0.3, 0.4) is 0 Å².